The van der Waals surface area contributed by atoms with Crippen LogP contribution in [0.4, 0.5) is 25.8 Å². The number of carbonyl (C=O) groups excluding carboxylic acids is 2. The third kappa shape index (κ3) is 6.89. The number of halogens is 2. The quantitative estimate of drug-likeness (QED) is 0.392. The second-order valence-corrected chi connectivity index (χ2v) is 10.5. The fourth-order valence-corrected chi connectivity index (χ4v) is 5.26. The zero-order chi connectivity index (χ0) is 28.9. The van der Waals surface area contributed by atoms with Crippen molar-refractivity contribution in [2.75, 3.05) is 41.5 Å². The first-order valence-electron chi connectivity index (χ1n) is 13.7. The fraction of sp³-hybridized carbons (Fsp3) is 0.323. The number of hydrogen-bond acceptors (Lipinski definition) is 6. The van der Waals surface area contributed by atoms with E-state index in [2.05, 4.69) is 27.5 Å². The van der Waals surface area contributed by atoms with Crippen molar-refractivity contribution >= 4 is 34.6 Å². The van der Waals surface area contributed by atoms with Gasteiger partial charge in [-0.15, -0.1) is 0 Å². The monoisotopic (exact) mass is 561 g/mol. The van der Waals surface area contributed by atoms with Crippen LogP contribution in [0.1, 0.15) is 24.8 Å². The predicted molar refractivity (Wildman–Crippen MR) is 155 cm³/mol. The molecule has 2 heterocycles. The van der Waals surface area contributed by atoms with Crippen LogP contribution in [0.15, 0.2) is 77.9 Å². The lowest BCUT2D eigenvalue weighted by Crippen LogP contribution is -2.50. The van der Waals surface area contributed by atoms with E-state index in [-0.39, 0.29) is 36.6 Å². The van der Waals surface area contributed by atoms with Gasteiger partial charge < -0.3 is 20.2 Å². The topological polar surface area (TPSA) is 88.5 Å². The van der Waals surface area contributed by atoms with Gasteiger partial charge in [0, 0.05) is 44.1 Å². The number of para-hydroxylation sites is 1. The van der Waals surface area contributed by atoms with Crippen molar-refractivity contribution < 1.29 is 23.5 Å². The van der Waals surface area contributed by atoms with Crippen molar-refractivity contribution in [3.63, 3.8) is 0 Å². The Bertz CT molecular complexity index is 1410. The van der Waals surface area contributed by atoms with Gasteiger partial charge in [-0.2, -0.15) is 10.1 Å². The lowest BCUT2D eigenvalue weighted by Gasteiger charge is -2.30. The largest absolute Gasteiger partial charge is 0.389 e. The summed E-state index contributed by atoms with van der Waals surface area (Å²) in [5.41, 5.74) is 2.80. The number of benzene rings is 3. The molecule has 41 heavy (non-hydrogen) atoms. The molecule has 2 amide bonds. The lowest BCUT2D eigenvalue weighted by molar-refractivity contribution is -0.118. The maximum atomic E-state index is 14.0. The summed E-state index contributed by atoms with van der Waals surface area (Å²) >= 11 is 0. The Morgan fingerprint density at radius 1 is 1.00 bits per heavy atom. The first-order valence-corrected chi connectivity index (χ1v) is 13.7. The average molecular weight is 562 g/mol. The summed E-state index contributed by atoms with van der Waals surface area (Å²) in [4.78, 5) is 30.0. The molecule has 0 aliphatic carbocycles. The van der Waals surface area contributed by atoms with Crippen molar-refractivity contribution in [2.45, 2.75) is 37.8 Å². The molecule has 10 heteroatoms. The molecule has 0 radical (unpaired) electrons. The van der Waals surface area contributed by atoms with Crippen molar-refractivity contribution in [1.82, 2.24) is 5.32 Å². The molecular weight excluding hydrogens is 528 g/mol. The molecule has 3 aromatic rings. The van der Waals surface area contributed by atoms with Gasteiger partial charge in [0.15, 0.2) is 0 Å². The number of rotatable bonds is 10. The molecule has 2 atom stereocenters. The van der Waals surface area contributed by atoms with Crippen molar-refractivity contribution in [2.24, 2.45) is 5.10 Å². The third-order valence-corrected chi connectivity index (χ3v) is 7.40. The zero-order valence-corrected chi connectivity index (χ0v) is 22.8. The second-order valence-electron chi connectivity index (χ2n) is 10.5. The summed E-state index contributed by atoms with van der Waals surface area (Å²) in [6.07, 6.45) is 0.948. The number of hydrazone groups is 1. The number of anilines is 3. The standard InChI is InChI=1S/C31H33F2N5O3/c1-36(25-10-7-11-26(18-25)37-12-5-6-13-37)20-29(39)27(16-21-14-22(32)17-23(33)15-21)34-31(41)28-19-30(40)38(35-28)24-8-3-2-4-9-24/h2-4,7-11,14-15,17-18,27,29,39H,5-6,12-13,16,19-20H2,1H3,(H,34,41)/t27-,29+/m0/s1. The Morgan fingerprint density at radius 3 is 2.39 bits per heavy atom. The number of amides is 2. The minimum Gasteiger partial charge on any atom is -0.389 e. The highest BCUT2D eigenvalue weighted by Crippen LogP contribution is 2.26. The summed E-state index contributed by atoms with van der Waals surface area (Å²) in [5.74, 6) is -2.49. The van der Waals surface area contributed by atoms with E-state index in [9.17, 15) is 23.5 Å². The summed E-state index contributed by atoms with van der Waals surface area (Å²) in [7, 11) is 1.84. The molecule has 0 saturated carbocycles. The molecule has 0 spiro atoms. The highest BCUT2D eigenvalue weighted by Gasteiger charge is 2.32. The van der Waals surface area contributed by atoms with Crippen LogP contribution in [0.25, 0.3) is 0 Å². The van der Waals surface area contributed by atoms with Crippen LogP contribution in [-0.4, -0.2) is 61.5 Å². The van der Waals surface area contributed by atoms with Gasteiger partial charge in [-0.3, -0.25) is 9.59 Å². The highest BCUT2D eigenvalue weighted by molar-refractivity contribution is 6.44. The van der Waals surface area contributed by atoms with Crippen molar-refractivity contribution in [1.29, 1.82) is 0 Å². The number of carbonyl (C=O) groups is 2. The van der Waals surface area contributed by atoms with Crippen LogP contribution in [0.2, 0.25) is 0 Å². The summed E-state index contributed by atoms with van der Waals surface area (Å²) in [5, 5.41) is 19.5. The molecule has 3 aromatic carbocycles. The molecule has 5 rings (SSSR count). The van der Waals surface area contributed by atoms with Gasteiger partial charge in [-0.05, 0) is 67.3 Å². The van der Waals surface area contributed by atoms with Gasteiger partial charge in [0.05, 0.1) is 24.3 Å². The number of aliphatic hydroxyl groups is 1. The van der Waals surface area contributed by atoms with Crippen LogP contribution >= 0.6 is 0 Å². The van der Waals surface area contributed by atoms with Crippen molar-refractivity contribution in [3.8, 4) is 0 Å². The number of aliphatic hydroxyl groups excluding tert-OH is 1. The van der Waals surface area contributed by atoms with E-state index in [0.717, 1.165) is 43.4 Å². The molecule has 1 fully saturated rings. The Hall–Kier alpha value is -4.31. The van der Waals surface area contributed by atoms with Crippen LogP contribution in [0.3, 0.4) is 0 Å². The molecule has 0 aromatic heterocycles. The van der Waals surface area contributed by atoms with Crippen LogP contribution in [-0.2, 0) is 16.0 Å². The van der Waals surface area contributed by atoms with Crippen LogP contribution < -0.4 is 20.1 Å². The van der Waals surface area contributed by atoms with Gasteiger partial charge in [0.25, 0.3) is 11.8 Å². The highest BCUT2D eigenvalue weighted by atomic mass is 19.1. The van der Waals surface area contributed by atoms with Gasteiger partial charge in [-0.1, -0.05) is 24.3 Å². The minimum atomic E-state index is -1.12. The normalized spacial score (nSPS) is 16.5. The van der Waals surface area contributed by atoms with Crippen LogP contribution in [0.5, 0.6) is 0 Å². The third-order valence-electron chi connectivity index (χ3n) is 7.40. The average Bonchev–Trinajstić information content (AvgIpc) is 3.63. The summed E-state index contributed by atoms with van der Waals surface area (Å²) < 4.78 is 27.9. The van der Waals surface area contributed by atoms with E-state index in [4.69, 9.17) is 0 Å². The lowest BCUT2D eigenvalue weighted by atomic mass is 9.99. The number of nitrogens with zero attached hydrogens (tertiary/aromatic N) is 4. The van der Waals surface area contributed by atoms with Gasteiger partial charge in [0.1, 0.15) is 17.3 Å². The molecular formula is C31H33F2N5O3. The summed E-state index contributed by atoms with van der Waals surface area (Å²) in [6, 6.07) is 19.0. The van der Waals surface area contributed by atoms with Gasteiger partial charge in [0.2, 0.25) is 0 Å². The molecule has 8 nitrogen and oxygen atoms in total. The molecule has 2 aliphatic heterocycles. The molecule has 0 unspecified atom stereocenters. The number of nitrogens with one attached hydrogen (secondary N) is 1. The first-order chi connectivity index (χ1) is 19.8. The van der Waals surface area contributed by atoms with Crippen LogP contribution in [0, 0.1) is 11.6 Å². The molecule has 214 valence electrons. The van der Waals surface area contributed by atoms with E-state index in [1.54, 1.807) is 24.3 Å². The predicted octanol–water partition coefficient (Wildman–Crippen LogP) is 3.88. The molecule has 2 aliphatic rings. The van der Waals surface area contributed by atoms with Gasteiger partial charge in [-0.25, -0.2) is 8.78 Å². The number of hydrogen-bond donors (Lipinski definition) is 2. The van der Waals surface area contributed by atoms with E-state index >= 15 is 0 Å². The molecule has 2 N–H and O–H groups in total. The maximum absolute atomic E-state index is 14.0. The molecule has 1 saturated heterocycles. The Kier molecular flexibility index (Phi) is 8.58. The fourth-order valence-electron chi connectivity index (χ4n) is 5.26. The number of likely N-dealkylation sites (N-methyl/N-ethyl adjacent to an activating group) is 1. The molecule has 0 bridgehead atoms. The maximum Gasteiger partial charge on any atom is 0.268 e. The van der Waals surface area contributed by atoms with Crippen molar-refractivity contribution in [3.05, 3.63) is 90.0 Å². The smallest absolute Gasteiger partial charge is 0.268 e. The van der Waals surface area contributed by atoms with E-state index in [0.29, 0.717) is 5.69 Å². The first kappa shape index (κ1) is 28.2. The minimum absolute atomic E-state index is 0.00635. The Balaban J connectivity index is 1.33. The summed E-state index contributed by atoms with van der Waals surface area (Å²) in [6.45, 7) is 2.14. The Morgan fingerprint density at radius 2 is 1.68 bits per heavy atom. The zero-order valence-electron chi connectivity index (χ0n) is 22.8. The van der Waals surface area contributed by atoms with E-state index in [1.807, 2.05) is 30.1 Å². The Labute approximate surface area is 237 Å². The van der Waals surface area contributed by atoms with E-state index in [1.165, 1.54) is 17.1 Å². The second kappa shape index (κ2) is 12.5. The SMILES string of the molecule is CN(C[C@@H](O)[C@H](Cc1cc(F)cc(F)c1)NC(=O)C1=NN(c2ccccc2)C(=O)C1)c1cccc(N2CCCC2)c1. The van der Waals surface area contributed by atoms with E-state index < -0.39 is 29.7 Å². The van der Waals surface area contributed by atoms with Gasteiger partial charge >= 0.3 is 0 Å².